The topological polar surface area (TPSA) is 68.2 Å². The van der Waals surface area contributed by atoms with Gasteiger partial charge in [0.2, 0.25) is 0 Å². The van der Waals surface area contributed by atoms with E-state index in [-0.39, 0.29) is 0 Å². The van der Waals surface area contributed by atoms with Crippen molar-refractivity contribution >= 4 is 39.6 Å². The molecule has 2 aromatic heterocycles. The molecule has 0 aliphatic heterocycles. The summed E-state index contributed by atoms with van der Waals surface area (Å²) in [4.78, 5) is 13.5. The highest BCUT2D eigenvalue weighted by Gasteiger charge is 2.19. The molecule has 0 aliphatic rings. The van der Waals surface area contributed by atoms with Crippen LogP contribution in [-0.2, 0) is 17.7 Å². The van der Waals surface area contributed by atoms with Gasteiger partial charge in [0.15, 0.2) is 5.11 Å². The largest absolute Gasteiger partial charge is 0.465 e. The van der Waals surface area contributed by atoms with E-state index in [4.69, 9.17) is 22.1 Å². The van der Waals surface area contributed by atoms with E-state index >= 15 is 0 Å². The number of para-hydroxylation sites is 1. The fourth-order valence-corrected chi connectivity index (χ4v) is 5.42. The normalized spacial score (nSPS) is 10.7. The van der Waals surface area contributed by atoms with Gasteiger partial charge in [-0.25, -0.2) is 9.48 Å². The van der Waals surface area contributed by atoms with Gasteiger partial charge in [-0.05, 0) is 36.0 Å². The fourth-order valence-electron chi connectivity index (χ4n) is 4.09. The number of methoxy groups -OCH3 is 1. The van der Waals surface area contributed by atoms with E-state index in [0.717, 1.165) is 33.8 Å². The third kappa shape index (κ3) is 5.99. The standard InChI is InChI=1S/C30H26N4O2S2/c1-36-29(35)26-18-25(17-21-11-5-2-6-12-21)38-28(26)32-30(37)31-19-23-20-34(24-15-9-4-10-16-24)33-27(23)22-13-7-3-8-14-22/h2-16,18,20H,17,19H2,1H3,(H2,31,32,37). The highest BCUT2D eigenvalue weighted by Crippen LogP contribution is 2.31. The van der Waals surface area contributed by atoms with Crippen molar-refractivity contribution in [2.75, 3.05) is 12.4 Å². The fraction of sp³-hybridized carbons (Fsp3) is 0.100. The van der Waals surface area contributed by atoms with E-state index in [9.17, 15) is 4.79 Å². The van der Waals surface area contributed by atoms with E-state index in [1.165, 1.54) is 24.0 Å². The molecule has 2 N–H and O–H groups in total. The lowest BCUT2D eigenvalue weighted by Gasteiger charge is -2.10. The van der Waals surface area contributed by atoms with Gasteiger partial charge in [0.25, 0.3) is 0 Å². The lowest BCUT2D eigenvalue weighted by molar-refractivity contribution is 0.0602. The first kappa shape index (κ1) is 25.4. The Balaban J connectivity index is 1.34. The van der Waals surface area contributed by atoms with E-state index in [1.54, 1.807) is 0 Å². The molecule has 0 unspecified atom stereocenters. The minimum Gasteiger partial charge on any atom is -0.465 e. The smallest absolute Gasteiger partial charge is 0.340 e. The number of hydrogen-bond donors (Lipinski definition) is 2. The molecule has 0 spiro atoms. The number of nitrogens with one attached hydrogen (secondary N) is 2. The summed E-state index contributed by atoms with van der Waals surface area (Å²) in [6, 6.07) is 32.1. The van der Waals surface area contributed by atoms with Crippen LogP contribution in [-0.4, -0.2) is 28.0 Å². The van der Waals surface area contributed by atoms with Gasteiger partial charge < -0.3 is 15.4 Å². The van der Waals surface area contributed by atoms with Crippen molar-refractivity contribution in [3.05, 3.63) is 125 Å². The van der Waals surface area contributed by atoms with Gasteiger partial charge in [-0.3, -0.25) is 0 Å². The summed E-state index contributed by atoms with van der Waals surface area (Å²) in [5.74, 6) is -0.402. The second-order valence-electron chi connectivity index (χ2n) is 8.57. The number of esters is 1. The molecular weight excluding hydrogens is 512 g/mol. The Labute approximate surface area is 230 Å². The minimum absolute atomic E-state index is 0.402. The molecule has 5 rings (SSSR count). The van der Waals surface area contributed by atoms with E-state index in [1.807, 2.05) is 95.8 Å². The van der Waals surface area contributed by atoms with Crippen LogP contribution in [0.25, 0.3) is 16.9 Å². The Bertz CT molecular complexity index is 1530. The predicted octanol–water partition coefficient (Wildman–Crippen LogP) is 6.46. The molecule has 38 heavy (non-hydrogen) atoms. The Morgan fingerprint density at radius 1 is 0.974 bits per heavy atom. The first-order chi connectivity index (χ1) is 18.6. The van der Waals surface area contributed by atoms with Crippen LogP contribution in [0.5, 0.6) is 0 Å². The zero-order valence-electron chi connectivity index (χ0n) is 20.8. The third-order valence-electron chi connectivity index (χ3n) is 5.93. The van der Waals surface area contributed by atoms with Crippen LogP contribution in [0.2, 0.25) is 0 Å². The maximum Gasteiger partial charge on any atom is 0.340 e. The molecule has 0 saturated heterocycles. The van der Waals surface area contributed by atoms with Crippen molar-refractivity contribution in [1.82, 2.24) is 15.1 Å². The Kier molecular flexibility index (Phi) is 7.92. The predicted molar refractivity (Wildman–Crippen MR) is 157 cm³/mol. The maximum absolute atomic E-state index is 12.5. The first-order valence-corrected chi connectivity index (χ1v) is 13.3. The highest BCUT2D eigenvalue weighted by molar-refractivity contribution is 7.80. The van der Waals surface area contributed by atoms with Crippen molar-refractivity contribution in [3.8, 4) is 16.9 Å². The molecular formula is C30H26N4O2S2. The van der Waals surface area contributed by atoms with Gasteiger partial charge in [-0.2, -0.15) is 5.10 Å². The Morgan fingerprint density at radius 2 is 1.63 bits per heavy atom. The number of nitrogens with zero attached hydrogens (tertiary/aromatic N) is 2. The molecule has 5 aromatic rings. The highest BCUT2D eigenvalue weighted by atomic mass is 32.1. The second kappa shape index (κ2) is 11.9. The summed E-state index contributed by atoms with van der Waals surface area (Å²) in [7, 11) is 1.38. The van der Waals surface area contributed by atoms with Crippen LogP contribution in [0.4, 0.5) is 5.00 Å². The van der Waals surface area contributed by atoms with Gasteiger partial charge in [0.1, 0.15) is 5.00 Å². The van der Waals surface area contributed by atoms with Crippen LogP contribution in [0.3, 0.4) is 0 Å². The summed E-state index contributed by atoms with van der Waals surface area (Å²) >= 11 is 7.12. The quantitative estimate of drug-likeness (QED) is 0.174. The summed E-state index contributed by atoms with van der Waals surface area (Å²) in [6.45, 7) is 0.457. The van der Waals surface area contributed by atoms with Crippen molar-refractivity contribution in [1.29, 1.82) is 0 Å². The Morgan fingerprint density at radius 3 is 2.32 bits per heavy atom. The SMILES string of the molecule is COC(=O)c1cc(Cc2ccccc2)sc1NC(=S)NCc1cn(-c2ccccc2)nc1-c1ccccc1. The monoisotopic (exact) mass is 538 g/mol. The number of hydrogen-bond acceptors (Lipinski definition) is 5. The number of aromatic nitrogens is 2. The number of anilines is 1. The summed E-state index contributed by atoms with van der Waals surface area (Å²) in [5.41, 5.74) is 5.50. The summed E-state index contributed by atoms with van der Waals surface area (Å²) in [5, 5.41) is 12.4. The molecule has 2 heterocycles. The zero-order chi connectivity index (χ0) is 26.3. The number of ether oxygens (including phenoxy) is 1. The molecule has 0 amide bonds. The van der Waals surface area contributed by atoms with Gasteiger partial charge in [-0.1, -0.05) is 78.9 Å². The minimum atomic E-state index is -0.402. The third-order valence-corrected chi connectivity index (χ3v) is 7.23. The number of rotatable bonds is 8. The van der Waals surface area contributed by atoms with Crippen molar-refractivity contribution in [3.63, 3.8) is 0 Å². The summed E-state index contributed by atoms with van der Waals surface area (Å²) < 4.78 is 6.89. The lowest BCUT2D eigenvalue weighted by Crippen LogP contribution is -2.28. The van der Waals surface area contributed by atoms with E-state index < -0.39 is 5.97 Å². The lowest BCUT2D eigenvalue weighted by atomic mass is 10.1. The van der Waals surface area contributed by atoms with E-state index in [0.29, 0.717) is 22.2 Å². The zero-order valence-corrected chi connectivity index (χ0v) is 22.4. The summed E-state index contributed by atoms with van der Waals surface area (Å²) in [6.07, 6.45) is 2.73. The van der Waals surface area contributed by atoms with Crippen molar-refractivity contribution in [2.45, 2.75) is 13.0 Å². The molecule has 0 bridgehead atoms. The number of thiocarbonyl (C=S) groups is 1. The number of benzene rings is 3. The second-order valence-corrected chi connectivity index (χ2v) is 10.1. The molecule has 0 atom stereocenters. The maximum atomic E-state index is 12.5. The van der Waals surface area contributed by atoms with Crippen LogP contribution in [0.15, 0.2) is 103 Å². The van der Waals surface area contributed by atoms with Crippen molar-refractivity contribution < 1.29 is 9.53 Å². The number of carbonyl (C=O) groups is 1. The van der Waals surface area contributed by atoms with Gasteiger partial charge in [0.05, 0.1) is 24.1 Å². The van der Waals surface area contributed by atoms with E-state index in [2.05, 4.69) is 22.8 Å². The molecule has 6 nitrogen and oxygen atoms in total. The van der Waals surface area contributed by atoms with Gasteiger partial charge in [0, 0.05) is 35.2 Å². The molecule has 0 saturated carbocycles. The molecule has 3 aromatic carbocycles. The molecule has 0 fully saturated rings. The molecule has 0 radical (unpaired) electrons. The van der Waals surface area contributed by atoms with Crippen LogP contribution in [0.1, 0.15) is 26.4 Å². The van der Waals surface area contributed by atoms with Gasteiger partial charge >= 0.3 is 5.97 Å². The number of thiophene rings is 1. The molecule has 190 valence electrons. The average molecular weight is 539 g/mol. The van der Waals surface area contributed by atoms with Crippen LogP contribution >= 0.6 is 23.6 Å². The van der Waals surface area contributed by atoms with Crippen molar-refractivity contribution in [2.24, 2.45) is 0 Å². The molecule has 8 heteroatoms. The number of carbonyl (C=O) groups excluding carboxylic acids is 1. The van der Waals surface area contributed by atoms with Crippen LogP contribution in [0, 0.1) is 0 Å². The average Bonchev–Trinajstić information content (AvgIpc) is 3.57. The molecule has 0 aliphatic carbocycles. The first-order valence-electron chi connectivity index (χ1n) is 12.1. The van der Waals surface area contributed by atoms with Gasteiger partial charge in [-0.15, -0.1) is 11.3 Å². The Hall–Kier alpha value is -4.27. The van der Waals surface area contributed by atoms with Crippen LogP contribution < -0.4 is 10.6 Å².